The maximum absolute atomic E-state index is 12.2. The third-order valence-corrected chi connectivity index (χ3v) is 5.00. The lowest BCUT2D eigenvalue weighted by molar-refractivity contribution is 0.102. The number of rotatable bonds is 5. The molecule has 0 bridgehead atoms. The molecule has 0 aliphatic rings. The molecule has 0 aliphatic heterocycles. The van der Waals surface area contributed by atoms with E-state index in [1.165, 1.54) is 28.2 Å². The topological polar surface area (TPSA) is 77.0 Å². The summed E-state index contributed by atoms with van der Waals surface area (Å²) in [5.74, 6) is -0.295. The standard InChI is InChI=1S/C16H16N4O2S2/c1-9-4-5-11(10(2)6-9)15-19-20-16(24-15)18-14(21)12-8-23-13(17-12)7-22-3/h4-6,8H,7H2,1-3H3,(H,18,20,21). The van der Waals surface area contributed by atoms with E-state index in [-0.39, 0.29) is 5.91 Å². The molecule has 2 heterocycles. The molecular formula is C16H16N4O2S2. The van der Waals surface area contributed by atoms with Gasteiger partial charge in [0.25, 0.3) is 5.91 Å². The molecule has 0 unspecified atom stereocenters. The highest BCUT2D eigenvalue weighted by Crippen LogP contribution is 2.29. The average molecular weight is 360 g/mol. The molecule has 6 nitrogen and oxygen atoms in total. The zero-order valence-electron chi connectivity index (χ0n) is 13.5. The van der Waals surface area contributed by atoms with Gasteiger partial charge in [0, 0.05) is 18.1 Å². The Morgan fingerprint density at radius 3 is 2.88 bits per heavy atom. The van der Waals surface area contributed by atoms with Crippen LogP contribution in [0, 0.1) is 13.8 Å². The van der Waals surface area contributed by atoms with Crippen LogP contribution in [0.15, 0.2) is 23.6 Å². The molecule has 0 fully saturated rings. The molecule has 2 aromatic heterocycles. The third-order valence-electron chi connectivity index (χ3n) is 3.31. The normalized spacial score (nSPS) is 10.8. The first-order chi connectivity index (χ1) is 11.6. The maximum Gasteiger partial charge on any atom is 0.276 e. The van der Waals surface area contributed by atoms with Crippen molar-refractivity contribution in [3.05, 3.63) is 45.4 Å². The second-order valence-electron chi connectivity index (χ2n) is 5.24. The van der Waals surface area contributed by atoms with Gasteiger partial charge >= 0.3 is 0 Å². The van der Waals surface area contributed by atoms with Crippen LogP contribution in [0.5, 0.6) is 0 Å². The van der Waals surface area contributed by atoms with Crippen LogP contribution in [-0.2, 0) is 11.3 Å². The van der Waals surface area contributed by atoms with Crippen LogP contribution >= 0.6 is 22.7 Å². The number of nitrogens with one attached hydrogen (secondary N) is 1. The lowest BCUT2D eigenvalue weighted by Gasteiger charge is -2.02. The summed E-state index contributed by atoms with van der Waals surface area (Å²) in [5.41, 5.74) is 3.71. The van der Waals surface area contributed by atoms with Gasteiger partial charge in [0.05, 0.1) is 6.61 Å². The fourth-order valence-corrected chi connectivity index (χ4v) is 3.78. The molecular weight excluding hydrogens is 344 g/mol. The number of carbonyl (C=O) groups is 1. The van der Waals surface area contributed by atoms with Gasteiger partial charge in [0.2, 0.25) is 5.13 Å². The number of amides is 1. The Bertz CT molecular complexity index is 873. The monoisotopic (exact) mass is 360 g/mol. The number of thiazole rings is 1. The molecule has 0 aliphatic carbocycles. The Hall–Kier alpha value is -2.16. The van der Waals surface area contributed by atoms with E-state index in [1.807, 2.05) is 26.0 Å². The van der Waals surface area contributed by atoms with Crippen molar-refractivity contribution in [2.45, 2.75) is 20.5 Å². The summed E-state index contributed by atoms with van der Waals surface area (Å²) >= 11 is 2.73. The number of nitrogens with zero attached hydrogens (tertiary/aromatic N) is 3. The minimum Gasteiger partial charge on any atom is -0.378 e. The molecule has 1 amide bonds. The number of ether oxygens (including phenoxy) is 1. The number of anilines is 1. The largest absolute Gasteiger partial charge is 0.378 e. The zero-order valence-corrected chi connectivity index (χ0v) is 15.1. The van der Waals surface area contributed by atoms with E-state index >= 15 is 0 Å². The van der Waals surface area contributed by atoms with Gasteiger partial charge in [-0.3, -0.25) is 10.1 Å². The quantitative estimate of drug-likeness (QED) is 0.751. The van der Waals surface area contributed by atoms with Crippen LogP contribution in [0.1, 0.15) is 26.6 Å². The van der Waals surface area contributed by atoms with E-state index in [0.717, 1.165) is 21.1 Å². The highest BCUT2D eigenvalue weighted by Gasteiger charge is 2.15. The number of aryl methyl sites for hydroxylation is 2. The lowest BCUT2D eigenvalue weighted by atomic mass is 10.1. The average Bonchev–Trinajstić information content (AvgIpc) is 3.17. The molecule has 0 saturated carbocycles. The summed E-state index contributed by atoms with van der Waals surface area (Å²) in [4.78, 5) is 16.4. The number of carbonyl (C=O) groups excluding carboxylic acids is 1. The van der Waals surface area contributed by atoms with Crippen LogP contribution in [0.25, 0.3) is 10.6 Å². The fraction of sp³-hybridized carbons (Fsp3) is 0.250. The number of hydrogen-bond donors (Lipinski definition) is 1. The number of benzene rings is 1. The molecule has 0 radical (unpaired) electrons. The van der Waals surface area contributed by atoms with Crippen molar-refractivity contribution in [3.8, 4) is 10.6 Å². The number of hydrogen-bond acceptors (Lipinski definition) is 7. The third kappa shape index (κ3) is 3.66. The van der Waals surface area contributed by atoms with Gasteiger partial charge in [-0.1, -0.05) is 35.1 Å². The summed E-state index contributed by atoms with van der Waals surface area (Å²) in [6.45, 7) is 4.48. The summed E-state index contributed by atoms with van der Waals surface area (Å²) in [6, 6.07) is 6.16. The Morgan fingerprint density at radius 1 is 1.29 bits per heavy atom. The first-order valence-corrected chi connectivity index (χ1v) is 8.92. The minimum atomic E-state index is -0.295. The lowest BCUT2D eigenvalue weighted by Crippen LogP contribution is -2.12. The molecule has 1 N–H and O–H groups in total. The van der Waals surface area contributed by atoms with E-state index in [0.29, 0.717) is 17.4 Å². The first-order valence-electron chi connectivity index (χ1n) is 7.22. The Kier molecular flexibility index (Phi) is 4.98. The molecule has 3 rings (SSSR count). The van der Waals surface area contributed by atoms with Crippen LogP contribution in [0.3, 0.4) is 0 Å². The van der Waals surface area contributed by atoms with E-state index in [4.69, 9.17) is 4.74 Å². The van der Waals surface area contributed by atoms with Crippen LogP contribution < -0.4 is 5.32 Å². The molecule has 3 aromatic rings. The van der Waals surface area contributed by atoms with E-state index in [9.17, 15) is 4.79 Å². The van der Waals surface area contributed by atoms with Crippen molar-refractivity contribution in [2.75, 3.05) is 12.4 Å². The van der Waals surface area contributed by atoms with E-state index < -0.39 is 0 Å². The molecule has 24 heavy (non-hydrogen) atoms. The van der Waals surface area contributed by atoms with Crippen molar-refractivity contribution < 1.29 is 9.53 Å². The van der Waals surface area contributed by atoms with Crippen molar-refractivity contribution >= 4 is 33.7 Å². The zero-order chi connectivity index (χ0) is 17.1. The Balaban J connectivity index is 1.74. The highest BCUT2D eigenvalue weighted by atomic mass is 32.1. The Morgan fingerprint density at radius 2 is 2.12 bits per heavy atom. The maximum atomic E-state index is 12.2. The summed E-state index contributed by atoms with van der Waals surface area (Å²) < 4.78 is 5.01. The van der Waals surface area contributed by atoms with Crippen LogP contribution in [0.2, 0.25) is 0 Å². The van der Waals surface area contributed by atoms with Gasteiger partial charge < -0.3 is 4.74 Å². The first kappa shape index (κ1) is 16.7. The van der Waals surface area contributed by atoms with Crippen LogP contribution in [-0.4, -0.2) is 28.2 Å². The SMILES string of the molecule is COCc1nc(C(=O)Nc2nnc(-c3ccc(C)cc3C)s2)cs1. The molecule has 124 valence electrons. The predicted octanol–water partition coefficient (Wildman–Crippen LogP) is 3.68. The van der Waals surface area contributed by atoms with Crippen LogP contribution in [0.4, 0.5) is 5.13 Å². The fourth-order valence-electron chi connectivity index (χ4n) is 2.20. The molecule has 8 heteroatoms. The Labute approximate surface area is 147 Å². The second kappa shape index (κ2) is 7.16. The smallest absolute Gasteiger partial charge is 0.276 e. The molecule has 0 spiro atoms. The van der Waals surface area contributed by atoms with Crippen molar-refractivity contribution in [2.24, 2.45) is 0 Å². The molecule has 0 saturated heterocycles. The highest BCUT2D eigenvalue weighted by molar-refractivity contribution is 7.18. The van der Waals surface area contributed by atoms with Crippen molar-refractivity contribution in [3.63, 3.8) is 0 Å². The van der Waals surface area contributed by atoms with Crippen molar-refractivity contribution in [1.82, 2.24) is 15.2 Å². The summed E-state index contributed by atoms with van der Waals surface area (Å²) in [5, 5.41) is 14.7. The molecule has 0 atom stereocenters. The molecule has 1 aromatic carbocycles. The van der Waals surface area contributed by atoms with Gasteiger partial charge in [-0.2, -0.15) is 0 Å². The van der Waals surface area contributed by atoms with Gasteiger partial charge in [-0.25, -0.2) is 4.98 Å². The second-order valence-corrected chi connectivity index (χ2v) is 7.16. The number of aromatic nitrogens is 3. The van der Waals surface area contributed by atoms with Gasteiger partial charge in [0.15, 0.2) is 0 Å². The van der Waals surface area contributed by atoms with Crippen molar-refractivity contribution in [1.29, 1.82) is 0 Å². The van der Waals surface area contributed by atoms with E-state index in [2.05, 4.69) is 26.6 Å². The predicted molar refractivity (Wildman–Crippen MR) is 95.6 cm³/mol. The van der Waals surface area contributed by atoms with Gasteiger partial charge in [0.1, 0.15) is 15.7 Å². The number of methoxy groups -OCH3 is 1. The minimum absolute atomic E-state index is 0.295. The van der Waals surface area contributed by atoms with E-state index in [1.54, 1.807) is 12.5 Å². The van der Waals surface area contributed by atoms with Gasteiger partial charge in [-0.05, 0) is 19.4 Å². The summed E-state index contributed by atoms with van der Waals surface area (Å²) in [7, 11) is 1.59. The summed E-state index contributed by atoms with van der Waals surface area (Å²) in [6.07, 6.45) is 0. The van der Waals surface area contributed by atoms with Gasteiger partial charge in [-0.15, -0.1) is 21.5 Å².